The normalized spacial score (nSPS) is 11.2. The highest BCUT2D eigenvalue weighted by atomic mass is 16.7. The molecule has 1 rings (SSSR count). The van der Waals surface area contributed by atoms with Crippen LogP contribution in [0.1, 0.15) is 18.8 Å². The third-order valence-corrected chi connectivity index (χ3v) is 1.93. The molecule has 0 radical (unpaired) electrons. The van der Waals surface area contributed by atoms with Crippen molar-refractivity contribution in [3.63, 3.8) is 0 Å². The number of hydrogen-bond donors (Lipinski definition) is 0. The fraction of sp³-hybridized carbons (Fsp3) is 0.333. The number of ether oxygens (including phenoxy) is 3. The Bertz CT molecular complexity index is 316. The number of allylic oxidation sites excluding steroid dienone is 1. The van der Waals surface area contributed by atoms with Gasteiger partial charge in [0.2, 0.25) is 0 Å². The number of rotatable bonds is 5. The molecule has 15 heavy (non-hydrogen) atoms. The zero-order chi connectivity index (χ0) is 11.1. The van der Waals surface area contributed by atoms with Gasteiger partial charge in [-0.05, 0) is 13.0 Å². The lowest BCUT2D eigenvalue weighted by molar-refractivity contribution is -0.106. The molecule has 82 valence electrons. The van der Waals surface area contributed by atoms with E-state index in [9.17, 15) is 0 Å². The van der Waals surface area contributed by atoms with Crippen LogP contribution < -0.4 is 4.74 Å². The lowest BCUT2D eigenvalue weighted by atomic mass is 10.2. The standard InChI is InChI=1S/C12H16O3/c1-4-9-15-11-8-6-5-7-10(11)12(13-2)14-3/h4-9,12H,1-3H3/b9-4-. The third-order valence-electron chi connectivity index (χ3n) is 1.93. The van der Waals surface area contributed by atoms with E-state index in [4.69, 9.17) is 14.2 Å². The summed E-state index contributed by atoms with van der Waals surface area (Å²) >= 11 is 0. The molecule has 0 fully saturated rings. The highest BCUT2D eigenvalue weighted by Crippen LogP contribution is 2.27. The predicted molar refractivity (Wildman–Crippen MR) is 58.6 cm³/mol. The van der Waals surface area contributed by atoms with Gasteiger partial charge in [0.15, 0.2) is 6.29 Å². The van der Waals surface area contributed by atoms with Crippen molar-refractivity contribution in [2.75, 3.05) is 14.2 Å². The van der Waals surface area contributed by atoms with E-state index in [1.54, 1.807) is 20.5 Å². The second kappa shape index (κ2) is 6.22. The van der Waals surface area contributed by atoms with Crippen LogP contribution in [0.25, 0.3) is 0 Å². The summed E-state index contributed by atoms with van der Waals surface area (Å²) in [5.41, 5.74) is 0.876. The summed E-state index contributed by atoms with van der Waals surface area (Å²) in [5, 5.41) is 0. The van der Waals surface area contributed by atoms with Gasteiger partial charge in [-0.2, -0.15) is 0 Å². The smallest absolute Gasteiger partial charge is 0.186 e. The van der Waals surface area contributed by atoms with E-state index >= 15 is 0 Å². The maximum Gasteiger partial charge on any atom is 0.186 e. The average Bonchev–Trinajstić information content (AvgIpc) is 2.29. The van der Waals surface area contributed by atoms with Gasteiger partial charge in [-0.3, -0.25) is 0 Å². The van der Waals surface area contributed by atoms with Gasteiger partial charge in [0.25, 0.3) is 0 Å². The summed E-state index contributed by atoms with van der Waals surface area (Å²) in [4.78, 5) is 0. The van der Waals surface area contributed by atoms with E-state index in [-0.39, 0.29) is 0 Å². The van der Waals surface area contributed by atoms with Crippen molar-refractivity contribution in [2.24, 2.45) is 0 Å². The molecule has 0 saturated heterocycles. The van der Waals surface area contributed by atoms with Crippen molar-refractivity contribution in [1.29, 1.82) is 0 Å². The van der Waals surface area contributed by atoms with E-state index in [0.29, 0.717) is 0 Å². The quantitative estimate of drug-likeness (QED) is 0.550. The number of hydrogen-bond acceptors (Lipinski definition) is 3. The zero-order valence-electron chi connectivity index (χ0n) is 9.27. The van der Waals surface area contributed by atoms with Crippen molar-refractivity contribution in [1.82, 2.24) is 0 Å². The van der Waals surface area contributed by atoms with Gasteiger partial charge in [-0.1, -0.05) is 24.3 Å². The fourth-order valence-electron chi connectivity index (χ4n) is 1.27. The summed E-state index contributed by atoms with van der Waals surface area (Å²) in [5.74, 6) is 0.740. The molecule has 1 aromatic rings. The van der Waals surface area contributed by atoms with E-state index in [1.165, 1.54) is 0 Å². The van der Waals surface area contributed by atoms with Gasteiger partial charge in [0.05, 0.1) is 11.8 Å². The van der Waals surface area contributed by atoms with Crippen LogP contribution in [0, 0.1) is 0 Å². The predicted octanol–water partition coefficient (Wildman–Crippen LogP) is 2.89. The van der Waals surface area contributed by atoms with Gasteiger partial charge in [0, 0.05) is 14.2 Å². The zero-order valence-corrected chi connectivity index (χ0v) is 9.27. The van der Waals surface area contributed by atoms with Crippen LogP contribution in [0.4, 0.5) is 0 Å². The summed E-state index contributed by atoms with van der Waals surface area (Å²) in [6.45, 7) is 1.90. The molecule has 0 atom stereocenters. The third kappa shape index (κ3) is 3.08. The van der Waals surface area contributed by atoms with Crippen molar-refractivity contribution < 1.29 is 14.2 Å². The van der Waals surface area contributed by atoms with E-state index in [1.807, 2.05) is 37.3 Å². The summed E-state index contributed by atoms with van der Waals surface area (Å²) in [6.07, 6.45) is 3.05. The molecule has 0 aliphatic rings. The highest BCUT2D eigenvalue weighted by molar-refractivity contribution is 5.34. The monoisotopic (exact) mass is 208 g/mol. The molecule has 0 aromatic heterocycles. The molecule has 0 aliphatic carbocycles. The first kappa shape index (κ1) is 11.8. The molecule has 1 aromatic carbocycles. The number of para-hydroxylation sites is 1. The second-order valence-electron chi connectivity index (χ2n) is 2.93. The van der Waals surface area contributed by atoms with Gasteiger partial charge in [-0.15, -0.1) is 0 Å². The Morgan fingerprint density at radius 1 is 1.13 bits per heavy atom. The molecular weight excluding hydrogens is 192 g/mol. The molecule has 0 saturated carbocycles. The first-order valence-electron chi connectivity index (χ1n) is 4.75. The van der Waals surface area contributed by atoms with Crippen LogP contribution in [0.5, 0.6) is 5.75 Å². The molecule has 0 heterocycles. The Morgan fingerprint density at radius 3 is 2.40 bits per heavy atom. The van der Waals surface area contributed by atoms with E-state index in [0.717, 1.165) is 11.3 Å². The van der Waals surface area contributed by atoms with Crippen molar-refractivity contribution >= 4 is 0 Å². The van der Waals surface area contributed by atoms with Crippen LogP contribution in [0.2, 0.25) is 0 Å². The van der Waals surface area contributed by atoms with E-state index in [2.05, 4.69) is 0 Å². The largest absolute Gasteiger partial charge is 0.465 e. The average molecular weight is 208 g/mol. The first-order valence-corrected chi connectivity index (χ1v) is 4.75. The summed E-state index contributed by atoms with van der Waals surface area (Å²) in [7, 11) is 3.20. The molecular formula is C12H16O3. The van der Waals surface area contributed by atoms with Crippen molar-refractivity contribution in [3.05, 3.63) is 42.2 Å². The molecule has 0 N–H and O–H groups in total. The lowest BCUT2D eigenvalue weighted by Crippen LogP contribution is -2.05. The van der Waals surface area contributed by atoms with Crippen LogP contribution in [-0.2, 0) is 9.47 Å². The van der Waals surface area contributed by atoms with Gasteiger partial charge in [-0.25, -0.2) is 0 Å². The van der Waals surface area contributed by atoms with Gasteiger partial charge in [0.1, 0.15) is 5.75 Å². The molecule has 0 bridgehead atoms. The Labute approximate surface area is 90.3 Å². The van der Waals surface area contributed by atoms with E-state index < -0.39 is 6.29 Å². The fourth-order valence-corrected chi connectivity index (χ4v) is 1.27. The SMILES string of the molecule is C/C=C\Oc1ccccc1C(OC)OC. The Kier molecular flexibility index (Phi) is 4.87. The topological polar surface area (TPSA) is 27.7 Å². The molecule has 3 nitrogen and oxygen atoms in total. The molecule has 0 spiro atoms. The molecule has 0 aliphatic heterocycles. The minimum absolute atomic E-state index is 0.397. The van der Waals surface area contributed by atoms with Crippen molar-refractivity contribution in [3.8, 4) is 5.75 Å². The maximum atomic E-state index is 5.43. The number of methoxy groups -OCH3 is 2. The van der Waals surface area contributed by atoms with Crippen LogP contribution in [0.15, 0.2) is 36.6 Å². The minimum Gasteiger partial charge on any atom is -0.465 e. The summed E-state index contributed by atoms with van der Waals surface area (Å²) in [6, 6.07) is 7.62. The molecule has 0 unspecified atom stereocenters. The van der Waals surface area contributed by atoms with Crippen LogP contribution in [0.3, 0.4) is 0 Å². The van der Waals surface area contributed by atoms with Gasteiger partial charge >= 0.3 is 0 Å². The molecule has 3 heteroatoms. The molecule has 0 amide bonds. The van der Waals surface area contributed by atoms with Crippen LogP contribution >= 0.6 is 0 Å². The van der Waals surface area contributed by atoms with Crippen molar-refractivity contribution in [2.45, 2.75) is 13.2 Å². The minimum atomic E-state index is -0.397. The number of benzene rings is 1. The first-order chi connectivity index (χ1) is 7.33. The lowest BCUT2D eigenvalue weighted by Gasteiger charge is -2.16. The Balaban J connectivity index is 2.93. The second-order valence-corrected chi connectivity index (χ2v) is 2.93. The Morgan fingerprint density at radius 2 is 1.80 bits per heavy atom. The highest BCUT2D eigenvalue weighted by Gasteiger charge is 2.13. The van der Waals surface area contributed by atoms with Gasteiger partial charge < -0.3 is 14.2 Å². The van der Waals surface area contributed by atoms with Crippen LogP contribution in [-0.4, -0.2) is 14.2 Å². The summed E-state index contributed by atoms with van der Waals surface area (Å²) < 4.78 is 15.8. The Hall–Kier alpha value is -1.32. The maximum absolute atomic E-state index is 5.43.